The van der Waals surface area contributed by atoms with Crippen molar-refractivity contribution < 1.29 is 14.4 Å². The first-order valence-corrected chi connectivity index (χ1v) is 11.2. The van der Waals surface area contributed by atoms with Gasteiger partial charge in [-0.05, 0) is 61.4 Å². The van der Waals surface area contributed by atoms with Gasteiger partial charge in [-0.1, -0.05) is 73.1 Å². The van der Waals surface area contributed by atoms with Gasteiger partial charge in [-0.3, -0.25) is 4.79 Å². The lowest BCUT2D eigenvalue weighted by Crippen LogP contribution is -2.16. The number of carbonyl (C=O) groups is 2. The summed E-state index contributed by atoms with van der Waals surface area (Å²) in [6, 6.07) is 26.1. The average Bonchev–Trinajstić information content (AvgIpc) is 2.82. The number of carbonyl (C=O) groups excluding carboxylic acids is 2. The number of Topliss-reactive ketones (excluding diaryl/α,β-unsaturated/α-hetero) is 1. The zero-order chi connectivity index (χ0) is 21.9. The second-order valence-corrected chi connectivity index (χ2v) is 8.16. The summed E-state index contributed by atoms with van der Waals surface area (Å²) in [6.45, 7) is 2.09. The predicted octanol–water partition coefficient (Wildman–Crippen LogP) is 6.81. The molecule has 0 N–H and O–H groups in total. The molecule has 0 aliphatic heterocycles. The largest absolute Gasteiger partial charge is 0.365 e. The van der Waals surface area contributed by atoms with Crippen LogP contribution in [0.2, 0.25) is 0 Å². The van der Waals surface area contributed by atoms with Crippen molar-refractivity contribution in [3.8, 4) is 0 Å². The second kappa shape index (κ2) is 11.9. The van der Waals surface area contributed by atoms with E-state index < -0.39 is 5.97 Å². The van der Waals surface area contributed by atoms with Crippen LogP contribution in [0.4, 0.5) is 0 Å². The van der Waals surface area contributed by atoms with E-state index in [1.165, 1.54) is 0 Å². The van der Waals surface area contributed by atoms with Crippen molar-refractivity contribution in [1.29, 1.82) is 0 Å². The van der Waals surface area contributed by atoms with Crippen molar-refractivity contribution >= 4 is 29.2 Å². The third kappa shape index (κ3) is 6.93. The summed E-state index contributed by atoms with van der Waals surface area (Å²) >= 11 is 1.63. The molecule has 158 valence electrons. The number of benzene rings is 3. The average molecular weight is 432 g/mol. The van der Waals surface area contributed by atoms with Gasteiger partial charge in [0.1, 0.15) is 5.71 Å². The molecule has 0 aromatic heterocycles. The van der Waals surface area contributed by atoms with E-state index in [-0.39, 0.29) is 11.5 Å². The minimum Gasteiger partial charge on any atom is -0.312 e. The van der Waals surface area contributed by atoms with Crippen molar-refractivity contribution in [1.82, 2.24) is 0 Å². The molecule has 0 heterocycles. The SMILES string of the molecule is CCCCC/C(=N\OC(=O)c1ccccc1)C(=O)c1ccc(Sc2ccccc2)cc1. The highest BCUT2D eigenvalue weighted by molar-refractivity contribution is 7.99. The zero-order valence-electron chi connectivity index (χ0n) is 17.5. The van der Waals surface area contributed by atoms with Crippen LogP contribution in [0.1, 0.15) is 53.3 Å². The number of oxime groups is 1. The fourth-order valence-electron chi connectivity index (χ4n) is 2.93. The van der Waals surface area contributed by atoms with E-state index in [9.17, 15) is 9.59 Å². The van der Waals surface area contributed by atoms with E-state index in [4.69, 9.17) is 4.84 Å². The summed E-state index contributed by atoms with van der Waals surface area (Å²) in [7, 11) is 0. The highest BCUT2D eigenvalue weighted by atomic mass is 32.2. The normalized spacial score (nSPS) is 11.2. The Bertz CT molecular complexity index is 1020. The molecular formula is C26H25NO3S. The molecule has 0 bridgehead atoms. The number of nitrogens with zero attached hydrogens (tertiary/aromatic N) is 1. The van der Waals surface area contributed by atoms with Gasteiger partial charge in [-0.2, -0.15) is 0 Å². The van der Waals surface area contributed by atoms with Gasteiger partial charge in [0.25, 0.3) is 0 Å². The van der Waals surface area contributed by atoms with Crippen LogP contribution in [0.3, 0.4) is 0 Å². The molecule has 0 fully saturated rings. The Hall–Kier alpha value is -3.18. The van der Waals surface area contributed by atoms with Crippen LogP contribution in [0, 0.1) is 0 Å². The van der Waals surface area contributed by atoms with E-state index in [1.807, 2.05) is 48.5 Å². The highest BCUT2D eigenvalue weighted by Gasteiger charge is 2.16. The first-order chi connectivity index (χ1) is 15.2. The van der Waals surface area contributed by atoms with E-state index >= 15 is 0 Å². The highest BCUT2D eigenvalue weighted by Crippen LogP contribution is 2.27. The lowest BCUT2D eigenvalue weighted by Gasteiger charge is -2.07. The molecule has 0 unspecified atom stereocenters. The number of rotatable bonds is 10. The Morgan fingerprint density at radius 3 is 2.03 bits per heavy atom. The third-order valence-corrected chi connectivity index (χ3v) is 5.64. The van der Waals surface area contributed by atoms with Gasteiger partial charge in [-0.25, -0.2) is 4.79 Å². The van der Waals surface area contributed by atoms with Gasteiger partial charge < -0.3 is 4.84 Å². The number of unbranched alkanes of at least 4 members (excludes halogenated alkanes) is 2. The Kier molecular flexibility index (Phi) is 8.61. The number of hydrogen-bond acceptors (Lipinski definition) is 5. The molecule has 0 aliphatic rings. The summed E-state index contributed by atoms with van der Waals surface area (Å²) in [5, 5.41) is 3.95. The maximum atomic E-state index is 13.0. The molecule has 0 atom stereocenters. The topological polar surface area (TPSA) is 55.7 Å². The molecule has 5 heteroatoms. The first kappa shape index (κ1) is 22.5. The molecule has 31 heavy (non-hydrogen) atoms. The van der Waals surface area contributed by atoms with Crippen molar-refractivity contribution in [3.63, 3.8) is 0 Å². The van der Waals surface area contributed by atoms with Crippen LogP contribution in [0.15, 0.2) is 99.9 Å². The molecule has 0 radical (unpaired) electrons. The molecule has 3 rings (SSSR count). The lowest BCUT2D eigenvalue weighted by atomic mass is 10.0. The van der Waals surface area contributed by atoms with Crippen molar-refractivity contribution in [3.05, 3.63) is 96.1 Å². The molecule has 0 saturated carbocycles. The van der Waals surface area contributed by atoms with Crippen LogP contribution >= 0.6 is 11.8 Å². The van der Waals surface area contributed by atoms with E-state index in [1.54, 1.807) is 48.2 Å². The molecule has 3 aromatic carbocycles. The molecule has 4 nitrogen and oxygen atoms in total. The van der Waals surface area contributed by atoms with Crippen molar-refractivity contribution in [2.75, 3.05) is 0 Å². The molecule has 0 saturated heterocycles. The zero-order valence-corrected chi connectivity index (χ0v) is 18.3. The maximum Gasteiger partial charge on any atom is 0.365 e. The molecular weight excluding hydrogens is 406 g/mol. The summed E-state index contributed by atoms with van der Waals surface area (Å²) in [5.41, 5.74) is 1.19. The quantitative estimate of drug-likeness (QED) is 0.116. The van der Waals surface area contributed by atoms with Gasteiger partial charge in [0.05, 0.1) is 5.56 Å². The van der Waals surface area contributed by atoms with Crippen LogP contribution in [0.5, 0.6) is 0 Å². The molecule has 3 aromatic rings. The maximum absolute atomic E-state index is 13.0. The lowest BCUT2D eigenvalue weighted by molar-refractivity contribution is 0.0514. The van der Waals surface area contributed by atoms with Crippen LogP contribution in [-0.2, 0) is 4.84 Å². The van der Waals surface area contributed by atoms with Gasteiger partial charge in [-0.15, -0.1) is 0 Å². The second-order valence-electron chi connectivity index (χ2n) is 7.01. The minimum atomic E-state index is -0.573. The third-order valence-electron chi connectivity index (χ3n) is 4.62. The molecule has 0 spiro atoms. The summed E-state index contributed by atoms with van der Waals surface area (Å²) in [6.07, 6.45) is 3.28. The molecule has 0 amide bonds. The Morgan fingerprint density at radius 2 is 1.39 bits per heavy atom. The smallest absolute Gasteiger partial charge is 0.312 e. The first-order valence-electron chi connectivity index (χ1n) is 10.4. The Labute approximate surface area is 187 Å². The Balaban J connectivity index is 1.71. The number of hydrogen-bond donors (Lipinski definition) is 0. The summed E-state index contributed by atoms with van der Waals surface area (Å²) < 4.78 is 0. The fraction of sp³-hybridized carbons (Fsp3) is 0.192. The van der Waals surface area contributed by atoms with Gasteiger partial charge in [0.15, 0.2) is 0 Å². The monoisotopic (exact) mass is 431 g/mol. The minimum absolute atomic E-state index is 0.215. The van der Waals surface area contributed by atoms with Crippen LogP contribution in [0.25, 0.3) is 0 Å². The fourth-order valence-corrected chi connectivity index (χ4v) is 3.77. The standard InChI is InChI=1S/C26H25NO3S/c1-2-3-6-15-24(27-30-26(29)21-11-7-4-8-12-21)25(28)20-16-18-23(19-17-20)31-22-13-9-5-10-14-22/h4-5,7-14,16-19H,2-3,6,15H2,1H3/b27-24+. The number of ketones is 1. The van der Waals surface area contributed by atoms with Crippen LogP contribution < -0.4 is 0 Å². The molecule has 0 aliphatic carbocycles. The summed E-state index contributed by atoms with van der Waals surface area (Å²) in [4.78, 5) is 32.5. The van der Waals surface area contributed by atoms with E-state index in [2.05, 4.69) is 12.1 Å². The van der Waals surface area contributed by atoms with Crippen molar-refractivity contribution in [2.45, 2.75) is 42.4 Å². The predicted molar refractivity (Wildman–Crippen MR) is 125 cm³/mol. The van der Waals surface area contributed by atoms with E-state index in [0.29, 0.717) is 17.5 Å². The van der Waals surface area contributed by atoms with Crippen molar-refractivity contribution in [2.24, 2.45) is 5.16 Å². The van der Waals surface area contributed by atoms with Crippen LogP contribution in [-0.4, -0.2) is 17.5 Å². The van der Waals surface area contributed by atoms with Gasteiger partial charge in [0, 0.05) is 15.4 Å². The van der Waals surface area contributed by atoms with E-state index in [0.717, 1.165) is 29.1 Å². The van der Waals surface area contributed by atoms with Gasteiger partial charge in [0.2, 0.25) is 5.78 Å². The summed E-state index contributed by atoms with van der Waals surface area (Å²) in [5.74, 6) is -0.788. The van der Waals surface area contributed by atoms with Gasteiger partial charge >= 0.3 is 5.97 Å². The Morgan fingerprint density at radius 1 is 0.774 bits per heavy atom.